The molecule has 1 saturated carbocycles. The largest absolute Gasteiger partial charge is 0.385 e. The van der Waals surface area contributed by atoms with E-state index in [9.17, 15) is 0 Å². The normalized spacial score (nSPS) is 20.2. The molecule has 0 spiro atoms. The van der Waals surface area contributed by atoms with Crippen LogP contribution in [0.3, 0.4) is 0 Å². The maximum absolute atomic E-state index is 3.66. The van der Waals surface area contributed by atoms with Gasteiger partial charge in [0.05, 0.1) is 0 Å². The lowest BCUT2D eigenvalue weighted by Crippen LogP contribution is -2.16. The lowest BCUT2D eigenvalue weighted by molar-refractivity contribution is 0.754. The van der Waals surface area contributed by atoms with Gasteiger partial charge in [0.2, 0.25) is 0 Å². The monoisotopic (exact) mass is 216 g/mol. The van der Waals surface area contributed by atoms with Crippen LogP contribution in [0.5, 0.6) is 0 Å². The van der Waals surface area contributed by atoms with Gasteiger partial charge in [-0.15, -0.1) is 0 Å². The number of hydrogen-bond donors (Lipinski definition) is 2. The fourth-order valence-electron chi connectivity index (χ4n) is 2.87. The molecule has 3 rings (SSSR count). The van der Waals surface area contributed by atoms with Crippen molar-refractivity contribution in [2.24, 2.45) is 0 Å². The third-order valence-corrected chi connectivity index (χ3v) is 3.77. The molecule has 2 heteroatoms. The molecule has 2 nitrogen and oxygen atoms in total. The number of benzene rings is 1. The lowest BCUT2D eigenvalue weighted by atomic mass is 10.0. The minimum atomic E-state index is 0.717. The molecular weight excluding hydrogens is 196 g/mol. The summed E-state index contributed by atoms with van der Waals surface area (Å²) in [7, 11) is 0. The van der Waals surface area contributed by atoms with E-state index < -0.39 is 0 Å². The summed E-state index contributed by atoms with van der Waals surface area (Å²) >= 11 is 0. The van der Waals surface area contributed by atoms with Crippen molar-refractivity contribution in [2.45, 2.75) is 44.6 Å². The van der Waals surface area contributed by atoms with Crippen molar-refractivity contribution in [3.8, 4) is 0 Å². The Morgan fingerprint density at radius 3 is 2.88 bits per heavy atom. The molecule has 2 N–H and O–H groups in total. The first kappa shape index (κ1) is 10.0. The molecule has 0 atom stereocenters. The number of anilines is 2. The van der Waals surface area contributed by atoms with Crippen LogP contribution in [0.2, 0.25) is 0 Å². The molecule has 1 aliphatic heterocycles. The van der Waals surface area contributed by atoms with Crippen molar-refractivity contribution in [2.75, 3.05) is 17.2 Å². The minimum absolute atomic E-state index is 0.717. The Morgan fingerprint density at radius 1 is 1.12 bits per heavy atom. The zero-order valence-corrected chi connectivity index (χ0v) is 9.76. The second-order valence-electron chi connectivity index (χ2n) is 5.03. The maximum atomic E-state index is 3.66. The highest BCUT2D eigenvalue weighted by Crippen LogP contribution is 2.27. The number of hydrogen-bond acceptors (Lipinski definition) is 2. The predicted octanol–water partition coefficient (Wildman–Crippen LogP) is 3.40. The van der Waals surface area contributed by atoms with Gasteiger partial charge in [-0.05, 0) is 49.4 Å². The van der Waals surface area contributed by atoms with Gasteiger partial charge in [0.15, 0.2) is 0 Å². The third kappa shape index (κ3) is 2.01. The van der Waals surface area contributed by atoms with E-state index in [0.717, 1.165) is 12.6 Å². The van der Waals surface area contributed by atoms with Gasteiger partial charge in [-0.1, -0.05) is 12.8 Å². The van der Waals surface area contributed by atoms with Crippen LogP contribution in [0, 0.1) is 0 Å². The molecular formula is C14H20N2. The minimum Gasteiger partial charge on any atom is -0.385 e. The Labute approximate surface area is 97.4 Å². The molecule has 0 amide bonds. The van der Waals surface area contributed by atoms with Gasteiger partial charge in [-0.3, -0.25) is 0 Å². The van der Waals surface area contributed by atoms with Crippen molar-refractivity contribution < 1.29 is 0 Å². The van der Waals surface area contributed by atoms with Crippen LogP contribution in [0.15, 0.2) is 18.2 Å². The molecule has 0 radical (unpaired) electrons. The first-order valence-electron chi connectivity index (χ1n) is 6.55. The van der Waals surface area contributed by atoms with E-state index in [2.05, 4.69) is 28.8 Å². The third-order valence-electron chi connectivity index (χ3n) is 3.77. The van der Waals surface area contributed by atoms with Crippen LogP contribution in [-0.4, -0.2) is 12.6 Å². The second-order valence-corrected chi connectivity index (χ2v) is 5.03. The van der Waals surface area contributed by atoms with Gasteiger partial charge in [-0.2, -0.15) is 0 Å². The van der Waals surface area contributed by atoms with Gasteiger partial charge in [0, 0.05) is 24.0 Å². The van der Waals surface area contributed by atoms with Gasteiger partial charge >= 0.3 is 0 Å². The second kappa shape index (κ2) is 4.36. The Kier molecular flexibility index (Phi) is 2.73. The average molecular weight is 216 g/mol. The van der Waals surface area contributed by atoms with Crippen LogP contribution < -0.4 is 10.6 Å². The molecule has 86 valence electrons. The number of aryl methyl sites for hydroxylation is 1. The standard InChI is InChI=1S/C14H20N2/c1-2-6-12(5-1)16-13-7-8-14-11(10-13)4-3-9-15-14/h7-8,10,12,15-16H,1-6,9H2. The van der Waals surface area contributed by atoms with Crippen molar-refractivity contribution in [3.05, 3.63) is 23.8 Å². The fourth-order valence-corrected chi connectivity index (χ4v) is 2.87. The lowest BCUT2D eigenvalue weighted by Gasteiger charge is -2.20. The molecule has 1 fully saturated rings. The van der Waals surface area contributed by atoms with E-state index in [-0.39, 0.29) is 0 Å². The summed E-state index contributed by atoms with van der Waals surface area (Å²) < 4.78 is 0. The summed E-state index contributed by atoms with van der Waals surface area (Å²) in [6.07, 6.45) is 7.96. The molecule has 0 aromatic heterocycles. The van der Waals surface area contributed by atoms with E-state index >= 15 is 0 Å². The van der Waals surface area contributed by atoms with Crippen molar-refractivity contribution >= 4 is 11.4 Å². The topological polar surface area (TPSA) is 24.1 Å². The Morgan fingerprint density at radius 2 is 2.00 bits per heavy atom. The number of fused-ring (bicyclic) bond motifs is 1. The molecule has 0 saturated heterocycles. The van der Waals surface area contributed by atoms with Crippen molar-refractivity contribution in [1.29, 1.82) is 0 Å². The smallest absolute Gasteiger partial charge is 0.0374 e. The van der Waals surface area contributed by atoms with Crippen LogP contribution in [-0.2, 0) is 6.42 Å². The van der Waals surface area contributed by atoms with E-state index in [1.165, 1.54) is 55.5 Å². The van der Waals surface area contributed by atoms with Gasteiger partial charge in [0.1, 0.15) is 0 Å². The molecule has 2 aliphatic rings. The van der Waals surface area contributed by atoms with E-state index in [0.29, 0.717) is 0 Å². The highest BCUT2D eigenvalue weighted by molar-refractivity contribution is 5.61. The van der Waals surface area contributed by atoms with Crippen molar-refractivity contribution in [3.63, 3.8) is 0 Å². The van der Waals surface area contributed by atoms with Crippen LogP contribution >= 0.6 is 0 Å². The predicted molar refractivity (Wildman–Crippen MR) is 69.1 cm³/mol. The molecule has 1 aromatic rings. The maximum Gasteiger partial charge on any atom is 0.0374 e. The molecule has 16 heavy (non-hydrogen) atoms. The highest BCUT2D eigenvalue weighted by Gasteiger charge is 2.15. The summed E-state index contributed by atoms with van der Waals surface area (Å²) in [5.74, 6) is 0. The first-order valence-corrected chi connectivity index (χ1v) is 6.55. The van der Waals surface area contributed by atoms with E-state index in [4.69, 9.17) is 0 Å². The van der Waals surface area contributed by atoms with E-state index in [1.807, 2.05) is 0 Å². The van der Waals surface area contributed by atoms with Gasteiger partial charge in [-0.25, -0.2) is 0 Å². The Balaban J connectivity index is 1.74. The summed E-state index contributed by atoms with van der Waals surface area (Å²) in [6.45, 7) is 1.13. The zero-order valence-electron chi connectivity index (χ0n) is 9.76. The first-order chi connectivity index (χ1) is 7.92. The Bertz CT molecular complexity index is 367. The summed E-state index contributed by atoms with van der Waals surface area (Å²) in [5.41, 5.74) is 4.13. The zero-order chi connectivity index (χ0) is 10.8. The highest BCUT2D eigenvalue weighted by atomic mass is 14.9. The Hall–Kier alpha value is -1.18. The van der Waals surface area contributed by atoms with Crippen molar-refractivity contribution in [1.82, 2.24) is 0 Å². The van der Waals surface area contributed by atoms with E-state index in [1.54, 1.807) is 0 Å². The molecule has 1 heterocycles. The molecule has 1 aromatic carbocycles. The number of nitrogens with one attached hydrogen (secondary N) is 2. The summed E-state index contributed by atoms with van der Waals surface area (Å²) in [6, 6.07) is 7.50. The quantitative estimate of drug-likeness (QED) is 0.791. The van der Waals surface area contributed by atoms with Crippen LogP contribution in [0.1, 0.15) is 37.7 Å². The molecule has 1 aliphatic carbocycles. The van der Waals surface area contributed by atoms with Gasteiger partial charge in [0.25, 0.3) is 0 Å². The van der Waals surface area contributed by atoms with Gasteiger partial charge < -0.3 is 10.6 Å². The summed E-state index contributed by atoms with van der Waals surface area (Å²) in [4.78, 5) is 0. The van der Waals surface area contributed by atoms with Crippen LogP contribution in [0.25, 0.3) is 0 Å². The number of rotatable bonds is 2. The SMILES string of the molecule is c1cc2c(cc1NC1CCCC1)CCCN2. The summed E-state index contributed by atoms with van der Waals surface area (Å²) in [5, 5.41) is 7.12. The molecule has 0 bridgehead atoms. The molecule has 0 unspecified atom stereocenters. The van der Waals surface area contributed by atoms with Crippen LogP contribution in [0.4, 0.5) is 11.4 Å². The average Bonchev–Trinajstić information content (AvgIpc) is 2.82. The fraction of sp³-hybridized carbons (Fsp3) is 0.571.